The van der Waals surface area contributed by atoms with Crippen LogP contribution in [0.1, 0.15) is 69.9 Å². The highest BCUT2D eigenvalue weighted by atomic mass is 35.5. The Bertz CT molecular complexity index is 1160. The molecule has 1 aliphatic heterocycles. The van der Waals surface area contributed by atoms with E-state index in [0.717, 1.165) is 30.7 Å². The zero-order chi connectivity index (χ0) is 23.0. The predicted molar refractivity (Wildman–Crippen MR) is 132 cm³/mol. The number of fused-ring (bicyclic) bond motifs is 1. The number of nitrogens with one attached hydrogen (secondary N) is 2. The first-order valence-corrected chi connectivity index (χ1v) is 12.7. The van der Waals surface area contributed by atoms with Gasteiger partial charge in [-0.3, -0.25) is 9.59 Å². The average Bonchev–Trinajstić information content (AvgIpc) is 2.71. The zero-order valence-corrected chi connectivity index (χ0v) is 20.8. The fourth-order valence-electron chi connectivity index (χ4n) is 4.54. The Morgan fingerprint density at radius 1 is 1.19 bits per heavy atom. The van der Waals surface area contributed by atoms with Gasteiger partial charge >= 0.3 is 0 Å². The van der Waals surface area contributed by atoms with Gasteiger partial charge in [-0.25, -0.2) is 4.98 Å². The van der Waals surface area contributed by atoms with Crippen LogP contribution in [0.3, 0.4) is 0 Å². The van der Waals surface area contributed by atoms with E-state index < -0.39 is 5.92 Å². The minimum atomic E-state index is -0.605. The molecule has 0 bridgehead atoms. The molecule has 1 unspecified atom stereocenters. The molecule has 0 fully saturated rings. The fraction of sp³-hybridized carbons (Fsp3) is 0.458. The molecule has 4 rings (SSSR count). The van der Waals surface area contributed by atoms with E-state index in [4.69, 9.17) is 28.2 Å². The van der Waals surface area contributed by atoms with Crippen molar-refractivity contribution in [3.8, 4) is 0 Å². The summed E-state index contributed by atoms with van der Waals surface area (Å²) in [5.74, 6) is 0.801. The van der Waals surface area contributed by atoms with Crippen molar-refractivity contribution in [2.45, 2.75) is 63.9 Å². The lowest BCUT2D eigenvalue weighted by Crippen LogP contribution is -2.37. The molecule has 1 aromatic carbocycles. The topological polar surface area (TPSA) is 74.8 Å². The zero-order valence-electron chi connectivity index (χ0n) is 18.5. The summed E-state index contributed by atoms with van der Waals surface area (Å²) in [5.41, 5.74) is 2.04. The summed E-state index contributed by atoms with van der Waals surface area (Å²) in [5, 5.41) is 4.67. The number of anilines is 1. The van der Waals surface area contributed by atoms with E-state index in [1.165, 1.54) is 0 Å². The Morgan fingerprint density at radius 2 is 1.97 bits per heavy atom. The van der Waals surface area contributed by atoms with Crippen molar-refractivity contribution in [1.82, 2.24) is 9.97 Å². The van der Waals surface area contributed by atoms with Crippen LogP contribution in [0.2, 0.25) is 10.0 Å². The standard InChI is InChI=1S/C24H27Cl2N3O2S/c1-4-5-6-10-32-23-28-21-19(22(31)29-23)17(13-8-7-9-14(25)20(13)26)18-15(27-21)11-24(2,3)12-16(18)30/h7-9,17H,4-6,10-12H2,1-3H3,(H2,27,28,29,31). The van der Waals surface area contributed by atoms with Crippen molar-refractivity contribution in [2.75, 3.05) is 11.1 Å². The van der Waals surface area contributed by atoms with Gasteiger partial charge in [0.15, 0.2) is 10.9 Å². The smallest absolute Gasteiger partial charge is 0.257 e. The third kappa shape index (κ3) is 4.50. The number of ketones is 1. The summed E-state index contributed by atoms with van der Waals surface area (Å²) in [6, 6.07) is 5.33. The minimum absolute atomic E-state index is 0.0212. The van der Waals surface area contributed by atoms with Gasteiger partial charge in [0.25, 0.3) is 5.56 Å². The van der Waals surface area contributed by atoms with Crippen LogP contribution in [-0.4, -0.2) is 21.5 Å². The molecule has 32 heavy (non-hydrogen) atoms. The molecular weight excluding hydrogens is 465 g/mol. The monoisotopic (exact) mass is 491 g/mol. The highest BCUT2D eigenvalue weighted by Gasteiger charge is 2.43. The van der Waals surface area contributed by atoms with Crippen LogP contribution in [0.4, 0.5) is 5.82 Å². The average molecular weight is 492 g/mol. The highest BCUT2D eigenvalue weighted by Crippen LogP contribution is 2.49. The molecule has 170 valence electrons. The Labute approximate surface area is 202 Å². The summed E-state index contributed by atoms with van der Waals surface area (Å²) < 4.78 is 0. The fourth-order valence-corrected chi connectivity index (χ4v) is 5.82. The van der Waals surface area contributed by atoms with E-state index in [9.17, 15) is 9.59 Å². The molecular formula is C24H27Cl2N3O2S. The summed E-state index contributed by atoms with van der Waals surface area (Å²) >= 11 is 14.4. The van der Waals surface area contributed by atoms with Crippen LogP contribution < -0.4 is 10.9 Å². The van der Waals surface area contributed by atoms with Gasteiger partial charge in [0, 0.05) is 29.4 Å². The molecule has 0 spiro atoms. The van der Waals surface area contributed by atoms with E-state index in [1.807, 2.05) is 6.07 Å². The van der Waals surface area contributed by atoms with Gasteiger partial charge in [-0.05, 0) is 29.9 Å². The number of hydrogen-bond acceptors (Lipinski definition) is 5. The number of Topliss-reactive ketones (excluding diaryl/α,β-unsaturated/α-hetero) is 1. The number of aromatic nitrogens is 2. The van der Waals surface area contributed by atoms with Crippen LogP contribution in [0.25, 0.3) is 0 Å². The number of benzene rings is 1. The number of thioether (sulfide) groups is 1. The summed E-state index contributed by atoms with van der Waals surface area (Å²) in [4.78, 5) is 34.3. The second kappa shape index (κ2) is 9.24. The summed E-state index contributed by atoms with van der Waals surface area (Å²) in [6.45, 7) is 6.31. The number of halogens is 2. The van der Waals surface area contributed by atoms with Crippen LogP contribution >= 0.6 is 35.0 Å². The maximum atomic E-state index is 13.3. The normalized spacial score (nSPS) is 19.4. The molecule has 1 aliphatic carbocycles. The Balaban J connectivity index is 1.85. The first-order chi connectivity index (χ1) is 15.2. The van der Waals surface area contributed by atoms with Crippen LogP contribution in [0.5, 0.6) is 0 Å². The lowest BCUT2D eigenvalue weighted by atomic mass is 9.69. The molecule has 1 aromatic heterocycles. The molecule has 0 saturated heterocycles. The minimum Gasteiger partial charge on any atom is -0.343 e. The molecule has 0 amide bonds. The van der Waals surface area contributed by atoms with Crippen molar-refractivity contribution in [3.63, 3.8) is 0 Å². The van der Waals surface area contributed by atoms with Crippen molar-refractivity contribution in [1.29, 1.82) is 0 Å². The van der Waals surface area contributed by atoms with Gasteiger partial charge < -0.3 is 10.3 Å². The number of allylic oxidation sites excluding steroid dienone is 2. The molecule has 8 heteroatoms. The van der Waals surface area contributed by atoms with Gasteiger partial charge in [0.05, 0.1) is 15.6 Å². The number of hydrogen-bond donors (Lipinski definition) is 2. The molecule has 2 aromatic rings. The number of H-pyrrole nitrogens is 1. The van der Waals surface area contributed by atoms with E-state index in [1.54, 1.807) is 23.9 Å². The van der Waals surface area contributed by atoms with E-state index in [-0.39, 0.29) is 16.8 Å². The maximum Gasteiger partial charge on any atom is 0.257 e. The summed E-state index contributed by atoms with van der Waals surface area (Å²) in [6.07, 6.45) is 4.44. The van der Waals surface area contributed by atoms with E-state index >= 15 is 0 Å². The van der Waals surface area contributed by atoms with E-state index in [2.05, 4.69) is 31.1 Å². The highest BCUT2D eigenvalue weighted by molar-refractivity contribution is 7.99. The van der Waals surface area contributed by atoms with Crippen LogP contribution in [-0.2, 0) is 4.79 Å². The molecule has 2 aliphatic rings. The number of aromatic amines is 1. The first-order valence-electron chi connectivity index (χ1n) is 11.0. The van der Waals surface area contributed by atoms with Crippen LogP contribution in [0.15, 0.2) is 39.4 Å². The lowest BCUT2D eigenvalue weighted by Gasteiger charge is -2.38. The van der Waals surface area contributed by atoms with Crippen molar-refractivity contribution in [2.24, 2.45) is 5.41 Å². The van der Waals surface area contributed by atoms with E-state index in [0.29, 0.717) is 50.6 Å². The Morgan fingerprint density at radius 3 is 2.72 bits per heavy atom. The molecule has 2 N–H and O–H groups in total. The third-order valence-electron chi connectivity index (χ3n) is 5.98. The second-order valence-corrected chi connectivity index (χ2v) is 11.1. The van der Waals surface area contributed by atoms with Crippen molar-refractivity contribution in [3.05, 3.63) is 61.0 Å². The van der Waals surface area contributed by atoms with Gasteiger partial charge in [-0.1, -0.05) is 80.7 Å². The lowest BCUT2D eigenvalue weighted by molar-refractivity contribution is -0.118. The Kier molecular flexibility index (Phi) is 6.76. The van der Waals surface area contributed by atoms with Crippen molar-refractivity contribution >= 4 is 46.6 Å². The third-order valence-corrected chi connectivity index (χ3v) is 7.77. The second-order valence-electron chi connectivity index (χ2n) is 9.22. The number of unbranched alkanes of at least 4 members (excludes halogenated alkanes) is 2. The number of carbonyl (C=O) groups excluding carboxylic acids is 1. The van der Waals surface area contributed by atoms with Crippen LogP contribution in [0, 0.1) is 5.41 Å². The number of nitrogens with zero attached hydrogens (tertiary/aromatic N) is 1. The number of rotatable bonds is 6. The first kappa shape index (κ1) is 23.4. The van der Waals surface area contributed by atoms with Gasteiger partial charge in [0.2, 0.25) is 0 Å². The predicted octanol–water partition coefficient (Wildman–Crippen LogP) is 6.56. The summed E-state index contributed by atoms with van der Waals surface area (Å²) in [7, 11) is 0. The number of carbonyl (C=O) groups is 1. The van der Waals surface area contributed by atoms with Gasteiger partial charge in [-0.2, -0.15) is 0 Å². The molecule has 1 atom stereocenters. The maximum absolute atomic E-state index is 13.3. The van der Waals surface area contributed by atoms with Gasteiger partial charge in [0.1, 0.15) is 5.82 Å². The molecule has 2 heterocycles. The largest absolute Gasteiger partial charge is 0.343 e. The van der Waals surface area contributed by atoms with Crippen molar-refractivity contribution < 1.29 is 4.79 Å². The quantitative estimate of drug-likeness (QED) is 0.271. The molecule has 0 radical (unpaired) electrons. The Hall–Kier alpha value is -1.76. The molecule has 5 nitrogen and oxygen atoms in total. The molecule has 0 saturated carbocycles. The van der Waals surface area contributed by atoms with Gasteiger partial charge in [-0.15, -0.1) is 0 Å². The SMILES string of the molecule is CCCCCSc1nc2c(c(=O)[nH]1)C(c1cccc(Cl)c1Cl)C1=C(CC(C)(C)CC1=O)N2.